The van der Waals surface area contributed by atoms with E-state index in [1.54, 1.807) is 16.7 Å². The summed E-state index contributed by atoms with van der Waals surface area (Å²) in [6, 6.07) is -0.191. The molecule has 2 aliphatic heterocycles. The third-order valence-corrected chi connectivity index (χ3v) is 5.71. The fraction of sp³-hybridized carbons (Fsp3) is 0.875. The van der Waals surface area contributed by atoms with E-state index < -0.39 is 5.41 Å². The van der Waals surface area contributed by atoms with Gasteiger partial charge in [0.1, 0.15) is 6.04 Å². The Balaban J connectivity index is 2.10. The Bertz CT molecular complexity index is 459. The van der Waals surface area contributed by atoms with E-state index in [4.69, 9.17) is 5.73 Å². The van der Waals surface area contributed by atoms with E-state index in [0.29, 0.717) is 24.7 Å². The quantitative estimate of drug-likeness (QED) is 0.793. The molecule has 0 aromatic carbocycles. The molecule has 2 N–H and O–H groups in total. The number of nitrogens with two attached hydrogens (primary N) is 1. The van der Waals surface area contributed by atoms with Crippen LogP contribution < -0.4 is 5.73 Å². The summed E-state index contributed by atoms with van der Waals surface area (Å²) in [5.41, 5.74) is 5.63. The zero-order chi connectivity index (χ0) is 16.7. The first-order valence-electron chi connectivity index (χ1n) is 7.97. The molecule has 0 aliphatic carbocycles. The maximum Gasteiger partial charge on any atom is 0.246 e. The zero-order valence-electron chi connectivity index (χ0n) is 14.4. The van der Waals surface area contributed by atoms with Gasteiger partial charge in [-0.25, -0.2) is 0 Å². The van der Waals surface area contributed by atoms with Gasteiger partial charge in [0.05, 0.1) is 5.88 Å². The van der Waals surface area contributed by atoms with Gasteiger partial charge in [-0.05, 0) is 11.8 Å². The highest BCUT2D eigenvalue weighted by Gasteiger charge is 2.43. The molecule has 0 saturated carbocycles. The highest BCUT2D eigenvalue weighted by molar-refractivity contribution is 7.99. The zero-order valence-corrected chi connectivity index (χ0v) is 15.2. The average Bonchev–Trinajstić information content (AvgIpc) is 2.88. The summed E-state index contributed by atoms with van der Waals surface area (Å²) in [6.07, 6.45) is 0.825. The maximum absolute atomic E-state index is 12.9. The van der Waals surface area contributed by atoms with Crippen molar-refractivity contribution in [2.75, 3.05) is 24.7 Å². The number of amides is 2. The van der Waals surface area contributed by atoms with Crippen LogP contribution in [0.1, 0.15) is 41.0 Å². The van der Waals surface area contributed by atoms with Gasteiger partial charge in [-0.2, -0.15) is 0 Å². The van der Waals surface area contributed by atoms with Crippen LogP contribution >= 0.6 is 11.8 Å². The summed E-state index contributed by atoms with van der Waals surface area (Å²) in [6.45, 7) is 11.3. The van der Waals surface area contributed by atoms with Gasteiger partial charge in [0, 0.05) is 30.3 Å². The number of nitrogens with zero attached hydrogens (tertiary/aromatic N) is 2. The molecule has 2 rings (SSSR count). The Labute approximate surface area is 138 Å². The van der Waals surface area contributed by atoms with E-state index in [9.17, 15) is 9.59 Å². The number of likely N-dealkylation sites (tertiary alicyclic amines) is 1. The first kappa shape index (κ1) is 17.6. The van der Waals surface area contributed by atoms with E-state index in [1.165, 1.54) is 0 Å². The van der Waals surface area contributed by atoms with Crippen molar-refractivity contribution < 1.29 is 9.59 Å². The highest BCUT2D eigenvalue weighted by Crippen LogP contribution is 2.32. The minimum absolute atomic E-state index is 0.0591. The van der Waals surface area contributed by atoms with Crippen LogP contribution in [0.15, 0.2) is 0 Å². The van der Waals surface area contributed by atoms with Crippen molar-refractivity contribution in [1.82, 2.24) is 9.80 Å². The number of thioether (sulfide) groups is 1. The smallest absolute Gasteiger partial charge is 0.246 e. The van der Waals surface area contributed by atoms with Gasteiger partial charge >= 0.3 is 0 Å². The first-order valence-corrected chi connectivity index (χ1v) is 9.13. The van der Waals surface area contributed by atoms with E-state index in [0.717, 1.165) is 6.42 Å². The molecule has 0 aromatic rings. The summed E-state index contributed by atoms with van der Waals surface area (Å²) < 4.78 is 0. The molecule has 0 aromatic heterocycles. The Morgan fingerprint density at radius 2 is 1.91 bits per heavy atom. The van der Waals surface area contributed by atoms with Crippen LogP contribution in [0.4, 0.5) is 0 Å². The number of carbonyl (C=O) groups excluding carboxylic acids is 2. The second-order valence-corrected chi connectivity index (χ2v) is 9.18. The maximum atomic E-state index is 12.9. The van der Waals surface area contributed by atoms with Crippen LogP contribution in [-0.2, 0) is 9.59 Å². The van der Waals surface area contributed by atoms with E-state index in [1.807, 2.05) is 25.7 Å². The van der Waals surface area contributed by atoms with Crippen LogP contribution in [0.25, 0.3) is 0 Å². The number of carbonyl (C=O) groups is 2. The minimum Gasteiger partial charge on any atom is -0.340 e. The van der Waals surface area contributed by atoms with Crippen molar-refractivity contribution >= 4 is 23.6 Å². The monoisotopic (exact) mass is 327 g/mol. The predicted molar refractivity (Wildman–Crippen MR) is 90.4 cm³/mol. The molecule has 0 spiro atoms. The first-order chi connectivity index (χ1) is 10.0. The molecule has 2 amide bonds. The Morgan fingerprint density at radius 3 is 2.45 bits per heavy atom. The molecule has 0 bridgehead atoms. The Hall–Kier alpha value is -0.750. The van der Waals surface area contributed by atoms with Crippen molar-refractivity contribution in [2.45, 2.75) is 53.1 Å². The molecule has 6 heteroatoms. The Kier molecular flexibility index (Phi) is 4.83. The largest absolute Gasteiger partial charge is 0.340 e. The van der Waals surface area contributed by atoms with Gasteiger partial charge in [-0.15, -0.1) is 11.8 Å². The molecule has 2 saturated heterocycles. The van der Waals surface area contributed by atoms with Gasteiger partial charge < -0.3 is 15.5 Å². The molecule has 5 nitrogen and oxygen atoms in total. The normalized spacial score (nSPS) is 28.8. The lowest BCUT2D eigenvalue weighted by Gasteiger charge is -2.44. The fourth-order valence-corrected chi connectivity index (χ4v) is 4.20. The SMILES string of the molecule is CC(C)(C)C(=O)N1CSCC1C(=O)N1CCC(N)C(C)(C)C1. The lowest BCUT2D eigenvalue weighted by molar-refractivity contribution is -0.149. The minimum atomic E-state index is -0.451. The molecule has 2 atom stereocenters. The fourth-order valence-electron chi connectivity index (χ4n) is 3.05. The van der Waals surface area contributed by atoms with Crippen molar-refractivity contribution in [2.24, 2.45) is 16.6 Å². The molecule has 0 radical (unpaired) electrons. The van der Waals surface area contributed by atoms with E-state index >= 15 is 0 Å². The van der Waals surface area contributed by atoms with Crippen molar-refractivity contribution in [3.63, 3.8) is 0 Å². The molecule has 126 valence electrons. The van der Waals surface area contributed by atoms with Crippen LogP contribution in [0.3, 0.4) is 0 Å². The lowest BCUT2D eigenvalue weighted by atomic mass is 9.79. The van der Waals surface area contributed by atoms with E-state index in [2.05, 4.69) is 13.8 Å². The summed E-state index contributed by atoms with van der Waals surface area (Å²) in [5, 5.41) is 0. The average molecular weight is 327 g/mol. The topological polar surface area (TPSA) is 66.6 Å². The summed E-state index contributed by atoms with van der Waals surface area (Å²) >= 11 is 1.66. The van der Waals surface area contributed by atoms with Gasteiger partial charge in [0.15, 0.2) is 0 Å². The van der Waals surface area contributed by atoms with E-state index in [-0.39, 0.29) is 29.3 Å². The van der Waals surface area contributed by atoms with Gasteiger partial charge in [0.2, 0.25) is 11.8 Å². The van der Waals surface area contributed by atoms with Crippen LogP contribution in [0.5, 0.6) is 0 Å². The van der Waals surface area contributed by atoms with Crippen LogP contribution in [0, 0.1) is 10.8 Å². The molecule has 2 unspecified atom stereocenters. The summed E-state index contributed by atoms with van der Waals surface area (Å²) in [5.74, 6) is 1.46. The van der Waals surface area contributed by atoms with Crippen molar-refractivity contribution in [3.05, 3.63) is 0 Å². The lowest BCUT2D eigenvalue weighted by Crippen LogP contribution is -2.58. The summed E-state index contributed by atoms with van der Waals surface area (Å²) in [4.78, 5) is 29.1. The Morgan fingerprint density at radius 1 is 1.27 bits per heavy atom. The molecule has 2 heterocycles. The molecule has 22 heavy (non-hydrogen) atoms. The molecular formula is C16H29N3O2S. The third-order valence-electron chi connectivity index (χ3n) is 4.69. The number of rotatable bonds is 1. The third kappa shape index (κ3) is 3.43. The second-order valence-electron chi connectivity index (χ2n) is 8.18. The number of piperidine rings is 1. The van der Waals surface area contributed by atoms with Gasteiger partial charge in [-0.1, -0.05) is 34.6 Å². The highest BCUT2D eigenvalue weighted by atomic mass is 32.2. The number of hydrogen-bond acceptors (Lipinski definition) is 4. The predicted octanol–water partition coefficient (Wildman–Crippen LogP) is 1.52. The van der Waals surface area contributed by atoms with Gasteiger partial charge in [0.25, 0.3) is 0 Å². The standard InChI is InChI=1S/C16H29N3O2S/c1-15(2,3)14(21)19-10-22-8-11(19)13(20)18-7-6-12(17)16(4,5)9-18/h11-12H,6-10,17H2,1-5H3. The molecule has 2 fully saturated rings. The second kappa shape index (κ2) is 6.04. The molecule has 2 aliphatic rings. The van der Waals surface area contributed by atoms with Crippen LogP contribution in [-0.4, -0.2) is 58.4 Å². The van der Waals surface area contributed by atoms with Crippen molar-refractivity contribution in [1.29, 1.82) is 0 Å². The van der Waals surface area contributed by atoms with Crippen molar-refractivity contribution in [3.8, 4) is 0 Å². The summed E-state index contributed by atoms with van der Waals surface area (Å²) in [7, 11) is 0. The number of hydrogen-bond donors (Lipinski definition) is 1. The van der Waals surface area contributed by atoms with Gasteiger partial charge in [-0.3, -0.25) is 9.59 Å². The molecular weight excluding hydrogens is 298 g/mol. The van der Waals surface area contributed by atoms with Crippen LogP contribution in [0.2, 0.25) is 0 Å².